The fourth-order valence-electron chi connectivity index (χ4n) is 4.58. The summed E-state index contributed by atoms with van der Waals surface area (Å²) in [7, 11) is 1.53. The van der Waals surface area contributed by atoms with Crippen LogP contribution in [0.4, 0.5) is 18.9 Å². The molecule has 5 nitrogen and oxygen atoms in total. The van der Waals surface area contributed by atoms with Gasteiger partial charge in [0.25, 0.3) is 5.91 Å². The van der Waals surface area contributed by atoms with E-state index in [-0.39, 0.29) is 16.6 Å². The smallest absolute Gasteiger partial charge is 0.435 e. The van der Waals surface area contributed by atoms with E-state index >= 15 is 0 Å². The molecule has 0 aliphatic heterocycles. The van der Waals surface area contributed by atoms with Crippen molar-refractivity contribution >= 4 is 28.8 Å². The maximum absolute atomic E-state index is 13.5. The van der Waals surface area contributed by atoms with Crippen molar-refractivity contribution in [1.29, 1.82) is 0 Å². The third-order valence-electron chi connectivity index (χ3n) is 6.62. The van der Waals surface area contributed by atoms with Crippen LogP contribution in [0.15, 0.2) is 91.0 Å². The molecule has 1 N–H and O–H groups in total. The third kappa shape index (κ3) is 5.67. The number of nitrogens with zero attached hydrogens (tertiary/aromatic N) is 2. The Bertz CT molecular complexity index is 1620. The van der Waals surface area contributed by atoms with Crippen molar-refractivity contribution in [1.82, 2.24) is 9.78 Å². The fraction of sp³-hybridized carbons (Fsp3) is 0.161. The second kappa shape index (κ2) is 11.1. The Hall–Kier alpha value is -4.30. The highest BCUT2D eigenvalue weighted by Gasteiger charge is 2.35. The molecule has 0 fully saturated rings. The Morgan fingerprint density at radius 1 is 1.05 bits per heavy atom. The predicted molar refractivity (Wildman–Crippen MR) is 151 cm³/mol. The number of hydrogen-bond donors (Lipinski definition) is 1. The zero-order chi connectivity index (χ0) is 28.4. The quantitative estimate of drug-likeness (QED) is 0.256. The van der Waals surface area contributed by atoms with Crippen molar-refractivity contribution in [3.8, 4) is 22.7 Å². The maximum atomic E-state index is 13.5. The molecule has 0 spiro atoms. The Morgan fingerprint density at radius 3 is 2.45 bits per heavy atom. The van der Waals surface area contributed by atoms with E-state index in [0.717, 1.165) is 28.3 Å². The van der Waals surface area contributed by atoms with Crippen LogP contribution in [0.1, 0.15) is 35.0 Å². The first-order valence-corrected chi connectivity index (χ1v) is 12.9. The molecule has 5 rings (SSSR count). The summed E-state index contributed by atoms with van der Waals surface area (Å²) in [6.45, 7) is 2.14. The van der Waals surface area contributed by atoms with Crippen LogP contribution in [0.25, 0.3) is 22.5 Å². The van der Waals surface area contributed by atoms with Crippen LogP contribution in [0.5, 0.6) is 5.75 Å². The highest BCUT2D eigenvalue weighted by Crippen LogP contribution is 2.36. The summed E-state index contributed by atoms with van der Waals surface area (Å²) in [6.07, 6.45) is 2.48. The van der Waals surface area contributed by atoms with E-state index in [0.29, 0.717) is 34.2 Å². The number of hydrogen-bond acceptors (Lipinski definition) is 3. The van der Waals surface area contributed by atoms with Crippen molar-refractivity contribution in [2.24, 2.45) is 5.92 Å². The third-order valence-corrected chi connectivity index (χ3v) is 6.94. The molecule has 1 heterocycles. The van der Waals surface area contributed by atoms with Crippen LogP contribution in [0, 0.1) is 5.92 Å². The summed E-state index contributed by atoms with van der Waals surface area (Å²) in [6, 6.07) is 19.4. The number of methoxy groups -OCH3 is 1. The van der Waals surface area contributed by atoms with Gasteiger partial charge in [-0.25, -0.2) is 4.68 Å². The lowest BCUT2D eigenvalue weighted by Gasteiger charge is -2.17. The summed E-state index contributed by atoms with van der Waals surface area (Å²) in [5.41, 5.74) is 2.86. The number of benzene rings is 3. The van der Waals surface area contributed by atoms with Gasteiger partial charge in [0.05, 0.1) is 29.2 Å². The van der Waals surface area contributed by atoms with Crippen LogP contribution >= 0.6 is 11.6 Å². The van der Waals surface area contributed by atoms with E-state index < -0.39 is 11.9 Å². The first-order chi connectivity index (χ1) is 19.1. The summed E-state index contributed by atoms with van der Waals surface area (Å²) in [5.74, 6) is 0.542. The molecule has 0 saturated heterocycles. The van der Waals surface area contributed by atoms with Gasteiger partial charge in [-0.15, -0.1) is 0 Å². The minimum Gasteiger partial charge on any atom is -0.495 e. The van der Waals surface area contributed by atoms with Crippen LogP contribution in [-0.2, 0) is 6.18 Å². The summed E-state index contributed by atoms with van der Waals surface area (Å²) in [4.78, 5) is 13.2. The summed E-state index contributed by atoms with van der Waals surface area (Å²) >= 11 is 6.27. The van der Waals surface area contributed by atoms with Crippen LogP contribution in [0.2, 0.25) is 5.02 Å². The molecule has 3 aromatic carbocycles. The predicted octanol–water partition coefficient (Wildman–Crippen LogP) is 8.45. The van der Waals surface area contributed by atoms with Crippen LogP contribution < -0.4 is 10.1 Å². The average molecular weight is 564 g/mol. The van der Waals surface area contributed by atoms with Gasteiger partial charge >= 0.3 is 6.18 Å². The van der Waals surface area contributed by atoms with E-state index in [1.54, 1.807) is 48.5 Å². The first-order valence-electron chi connectivity index (χ1n) is 12.5. The second-order valence-electron chi connectivity index (χ2n) is 9.48. The highest BCUT2D eigenvalue weighted by molar-refractivity contribution is 6.32. The Morgan fingerprint density at radius 2 is 1.77 bits per heavy atom. The molecule has 0 saturated carbocycles. The normalized spacial score (nSPS) is 15.1. The van der Waals surface area contributed by atoms with Gasteiger partial charge in [-0.05, 0) is 65.9 Å². The number of ether oxygens (including phenoxy) is 1. The van der Waals surface area contributed by atoms with Gasteiger partial charge in [-0.3, -0.25) is 4.79 Å². The van der Waals surface area contributed by atoms with Gasteiger partial charge in [0.1, 0.15) is 5.75 Å². The average Bonchev–Trinajstić information content (AvgIpc) is 3.39. The van der Waals surface area contributed by atoms with Gasteiger partial charge in [-0.2, -0.15) is 18.3 Å². The second-order valence-corrected chi connectivity index (χ2v) is 9.89. The molecule has 40 heavy (non-hydrogen) atoms. The van der Waals surface area contributed by atoms with E-state index in [1.807, 2.05) is 24.3 Å². The molecule has 1 unspecified atom stereocenters. The molecule has 9 heteroatoms. The zero-order valence-corrected chi connectivity index (χ0v) is 22.4. The van der Waals surface area contributed by atoms with Gasteiger partial charge in [-0.1, -0.05) is 67.1 Å². The zero-order valence-electron chi connectivity index (χ0n) is 21.7. The number of alkyl halides is 3. The number of carbonyl (C=O) groups is 1. The monoisotopic (exact) mass is 563 g/mol. The minimum absolute atomic E-state index is 0.186. The number of aromatic nitrogens is 2. The van der Waals surface area contributed by atoms with Gasteiger partial charge < -0.3 is 10.1 Å². The standard InChI is InChI=1S/C31H25ClF3N3O2/c1-19-6-5-7-22(16-19)23-14-15-28(40-2)25(17-23)36-30(39)21-12-10-20(11-13-21)27-18-29(31(33,34)35)37-38(27)26-9-4-3-8-24(26)32/h3-15,17-19H,16H2,1-2H3,(H,36,39). The Balaban J connectivity index is 1.43. The molecule has 1 atom stereocenters. The van der Waals surface area contributed by atoms with E-state index in [1.165, 1.54) is 7.11 Å². The van der Waals surface area contributed by atoms with Gasteiger partial charge in [0.15, 0.2) is 5.69 Å². The lowest BCUT2D eigenvalue weighted by molar-refractivity contribution is -0.141. The Kier molecular flexibility index (Phi) is 7.54. The molecule has 1 aliphatic rings. The number of halogens is 4. The molecule has 1 aliphatic carbocycles. The van der Waals surface area contributed by atoms with E-state index in [9.17, 15) is 18.0 Å². The number of amides is 1. The maximum Gasteiger partial charge on any atom is 0.435 e. The number of anilines is 1. The molecule has 4 aromatic rings. The molecule has 204 valence electrons. The summed E-state index contributed by atoms with van der Waals surface area (Å²) < 4.78 is 47.2. The lowest BCUT2D eigenvalue weighted by atomic mass is 9.91. The SMILES string of the molecule is COc1ccc(C2=CC=CC(C)C2)cc1NC(=O)c1ccc(-c2cc(C(F)(F)F)nn2-c2ccccc2Cl)cc1. The molecule has 0 bridgehead atoms. The van der Waals surface area contributed by atoms with Crippen molar-refractivity contribution in [3.63, 3.8) is 0 Å². The topological polar surface area (TPSA) is 56.1 Å². The number of para-hydroxylation sites is 1. The number of rotatable bonds is 6. The molecule has 1 aromatic heterocycles. The van der Waals surface area contributed by atoms with Gasteiger partial charge in [0, 0.05) is 11.1 Å². The highest BCUT2D eigenvalue weighted by atomic mass is 35.5. The number of carbonyl (C=O) groups excluding carboxylic acids is 1. The number of allylic oxidation sites excluding steroid dienone is 4. The fourth-order valence-corrected chi connectivity index (χ4v) is 4.80. The van der Waals surface area contributed by atoms with E-state index in [4.69, 9.17) is 16.3 Å². The van der Waals surface area contributed by atoms with E-state index in [2.05, 4.69) is 29.5 Å². The van der Waals surface area contributed by atoms with Crippen molar-refractivity contribution in [3.05, 3.63) is 113 Å². The van der Waals surface area contributed by atoms with Crippen molar-refractivity contribution in [2.75, 3.05) is 12.4 Å². The molecular weight excluding hydrogens is 539 g/mol. The minimum atomic E-state index is -4.64. The van der Waals surface area contributed by atoms with Crippen LogP contribution in [0.3, 0.4) is 0 Å². The number of nitrogens with one attached hydrogen (secondary N) is 1. The largest absolute Gasteiger partial charge is 0.495 e. The van der Waals surface area contributed by atoms with Crippen molar-refractivity contribution < 1.29 is 22.7 Å². The molecular formula is C31H25ClF3N3O2. The van der Waals surface area contributed by atoms with Crippen molar-refractivity contribution in [2.45, 2.75) is 19.5 Å². The first kappa shape index (κ1) is 27.3. The Labute approximate surface area is 234 Å². The molecule has 1 amide bonds. The molecule has 0 radical (unpaired) electrons. The summed E-state index contributed by atoms with van der Waals surface area (Å²) in [5, 5.41) is 6.93. The van der Waals surface area contributed by atoms with Gasteiger partial charge in [0.2, 0.25) is 0 Å². The van der Waals surface area contributed by atoms with Crippen LogP contribution in [-0.4, -0.2) is 22.8 Å². The lowest BCUT2D eigenvalue weighted by Crippen LogP contribution is -2.13.